The van der Waals surface area contributed by atoms with Crippen LogP contribution in [0.5, 0.6) is 5.88 Å². The van der Waals surface area contributed by atoms with E-state index in [9.17, 15) is 26.3 Å². The minimum Gasteiger partial charge on any atom is -0.479 e. The summed E-state index contributed by atoms with van der Waals surface area (Å²) in [5.41, 5.74) is -1.13. The monoisotopic (exact) mass is 402 g/mol. The molecule has 11 heteroatoms. The van der Waals surface area contributed by atoms with E-state index < -0.39 is 23.6 Å². The molecule has 0 N–H and O–H groups in total. The lowest BCUT2D eigenvalue weighted by Gasteiger charge is -2.07. The Morgan fingerprint density at radius 2 is 1.61 bits per heavy atom. The highest BCUT2D eigenvalue weighted by atomic mass is 19.4. The van der Waals surface area contributed by atoms with Crippen molar-refractivity contribution in [3.8, 4) is 11.6 Å². The summed E-state index contributed by atoms with van der Waals surface area (Å²) < 4.78 is 81.4. The molecule has 3 rings (SSSR count). The van der Waals surface area contributed by atoms with E-state index in [4.69, 9.17) is 4.74 Å². The molecule has 0 saturated heterocycles. The van der Waals surface area contributed by atoms with Gasteiger partial charge in [0.1, 0.15) is 11.4 Å². The molecule has 148 valence electrons. The molecule has 3 aromatic rings. The number of hydrogen-bond acceptors (Lipinski definition) is 4. The second-order valence-electron chi connectivity index (χ2n) is 5.71. The molecule has 0 aliphatic rings. The first-order valence-electron chi connectivity index (χ1n) is 7.78. The van der Waals surface area contributed by atoms with Gasteiger partial charge in [-0.1, -0.05) is 0 Å². The van der Waals surface area contributed by atoms with Crippen molar-refractivity contribution in [2.75, 3.05) is 7.11 Å². The van der Waals surface area contributed by atoms with E-state index in [1.807, 2.05) is 0 Å². The average molecular weight is 402 g/mol. The van der Waals surface area contributed by atoms with Crippen LogP contribution in [0, 0.1) is 0 Å². The fourth-order valence-corrected chi connectivity index (χ4v) is 2.42. The van der Waals surface area contributed by atoms with Crippen molar-refractivity contribution < 1.29 is 31.1 Å². The molecule has 0 radical (unpaired) electrons. The van der Waals surface area contributed by atoms with Crippen LogP contribution in [0.2, 0.25) is 0 Å². The third kappa shape index (κ3) is 4.24. The first kappa shape index (κ1) is 19.6. The summed E-state index contributed by atoms with van der Waals surface area (Å²) in [6, 6.07) is 6.40. The first-order valence-corrected chi connectivity index (χ1v) is 7.78. The van der Waals surface area contributed by atoms with Crippen LogP contribution in [0.25, 0.3) is 5.69 Å². The highest BCUT2D eigenvalue weighted by molar-refractivity contribution is 5.36. The zero-order chi connectivity index (χ0) is 20.5. The Kier molecular flexibility index (Phi) is 5.01. The Morgan fingerprint density at radius 3 is 2.18 bits per heavy atom. The summed E-state index contributed by atoms with van der Waals surface area (Å²) in [5.74, 6) is 0.0465. The van der Waals surface area contributed by atoms with Crippen LogP contribution in [-0.2, 0) is 18.8 Å². The molecule has 0 atom stereocenters. The number of halogens is 6. The summed E-state index contributed by atoms with van der Waals surface area (Å²) in [4.78, 5) is 4.34. The van der Waals surface area contributed by atoms with E-state index in [0.29, 0.717) is 0 Å². The van der Waals surface area contributed by atoms with Gasteiger partial charge in [0.2, 0.25) is 0 Å². The molecular formula is C17H12F6N4O. The van der Waals surface area contributed by atoms with Crippen LogP contribution in [0.3, 0.4) is 0 Å². The van der Waals surface area contributed by atoms with Gasteiger partial charge in [-0.3, -0.25) is 4.98 Å². The van der Waals surface area contributed by atoms with Gasteiger partial charge >= 0.3 is 12.4 Å². The van der Waals surface area contributed by atoms with Crippen molar-refractivity contribution in [2.24, 2.45) is 0 Å². The van der Waals surface area contributed by atoms with Crippen LogP contribution < -0.4 is 4.74 Å². The molecule has 0 fully saturated rings. The molecule has 2 heterocycles. The smallest absolute Gasteiger partial charge is 0.433 e. The SMILES string of the molecule is COc1nn(-c2ccc(C(F)(F)F)cc2)nc1Cc1ccnc(C(F)(F)F)c1. The number of ether oxygens (including phenoxy) is 1. The summed E-state index contributed by atoms with van der Waals surface area (Å²) >= 11 is 0. The molecule has 0 saturated carbocycles. The highest BCUT2D eigenvalue weighted by Gasteiger charge is 2.32. The van der Waals surface area contributed by atoms with Gasteiger partial charge in [0.25, 0.3) is 5.88 Å². The zero-order valence-corrected chi connectivity index (χ0v) is 14.2. The Balaban J connectivity index is 1.89. The van der Waals surface area contributed by atoms with Gasteiger partial charge in [-0.15, -0.1) is 15.0 Å². The Labute approximate surface area is 154 Å². The fraction of sp³-hybridized carbons (Fsp3) is 0.235. The largest absolute Gasteiger partial charge is 0.479 e. The number of rotatable bonds is 4. The average Bonchev–Trinajstić information content (AvgIpc) is 3.03. The Bertz CT molecular complexity index is 963. The summed E-state index contributed by atoms with van der Waals surface area (Å²) in [7, 11) is 1.30. The molecule has 0 bridgehead atoms. The van der Waals surface area contributed by atoms with Gasteiger partial charge in [0.15, 0.2) is 0 Å². The first-order chi connectivity index (χ1) is 13.1. The second-order valence-corrected chi connectivity index (χ2v) is 5.71. The van der Waals surface area contributed by atoms with Gasteiger partial charge in [-0.05, 0) is 42.0 Å². The van der Waals surface area contributed by atoms with Crippen LogP contribution >= 0.6 is 0 Å². The highest BCUT2D eigenvalue weighted by Crippen LogP contribution is 2.30. The van der Waals surface area contributed by atoms with Gasteiger partial charge in [-0.25, -0.2) is 0 Å². The van der Waals surface area contributed by atoms with Crippen LogP contribution in [0.4, 0.5) is 26.3 Å². The number of benzene rings is 1. The van der Waals surface area contributed by atoms with Crippen molar-refractivity contribution in [2.45, 2.75) is 18.8 Å². The Hall–Kier alpha value is -3.11. The van der Waals surface area contributed by atoms with Crippen LogP contribution in [-0.4, -0.2) is 27.1 Å². The number of pyridine rings is 1. The zero-order valence-electron chi connectivity index (χ0n) is 14.2. The van der Waals surface area contributed by atoms with E-state index in [2.05, 4.69) is 15.2 Å². The van der Waals surface area contributed by atoms with Crippen LogP contribution in [0.15, 0.2) is 42.6 Å². The molecule has 0 aliphatic carbocycles. The normalized spacial score (nSPS) is 12.2. The minimum atomic E-state index is -4.59. The number of aromatic nitrogens is 4. The van der Waals surface area contributed by atoms with E-state index >= 15 is 0 Å². The molecule has 28 heavy (non-hydrogen) atoms. The lowest BCUT2D eigenvalue weighted by molar-refractivity contribution is -0.141. The summed E-state index contributed by atoms with van der Waals surface area (Å²) in [5, 5.41) is 8.15. The van der Waals surface area contributed by atoms with Gasteiger partial charge in [0, 0.05) is 12.6 Å². The standard InChI is InChI=1S/C17H12F6N4O/c1-28-15-13(8-10-6-7-24-14(9-10)17(21,22)23)25-27(26-15)12-4-2-11(3-5-12)16(18,19)20/h2-7,9H,8H2,1H3. The third-order valence-corrected chi connectivity index (χ3v) is 3.75. The molecule has 1 aromatic carbocycles. The molecule has 5 nitrogen and oxygen atoms in total. The Morgan fingerprint density at radius 1 is 0.929 bits per heavy atom. The quantitative estimate of drug-likeness (QED) is 0.611. The number of nitrogens with zero attached hydrogens (tertiary/aromatic N) is 4. The molecule has 2 aromatic heterocycles. The lowest BCUT2D eigenvalue weighted by atomic mass is 10.1. The van der Waals surface area contributed by atoms with Crippen molar-refractivity contribution in [1.29, 1.82) is 0 Å². The van der Waals surface area contributed by atoms with Crippen molar-refractivity contribution in [3.05, 3.63) is 65.1 Å². The summed E-state index contributed by atoms with van der Waals surface area (Å²) in [6.07, 6.45) is -8.06. The van der Waals surface area contributed by atoms with E-state index in [1.165, 1.54) is 25.3 Å². The van der Waals surface area contributed by atoms with E-state index in [0.717, 1.165) is 29.2 Å². The van der Waals surface area contributed by atoms with Crippen molar-refractivity contribution in [1.82, 2.24) is 20.0 Å². The van der Waals surface area contributed by atoms with Crippen LogP contribution in [0.1, 0.15) is 22.5 Å². The maximum absolute atomic E-state index is 12.8. The number of alkyl halides is 6. The second kappa shape index (κ2) is 7.13. The van der Waals surface area contributed by atoms with E-state index in [1.54, 1.807) is 0 Å². The molecular weight excluding hydrogens is 390 g/mol. The fourth-order valence-electron chi connectivity index (χ4n) is 2.42. The molecule has 0 spiro atoms. The molecule has 0 amide bonds. The van der Waals surface area contributed by atoms with Crippen molar-refractivity contribution in [3.63, 3.8) is 0 Å². The van der Waals surface area contributed by atoms with E-state index in [-0.39, 0.29) is 29.2 Å². The maximum atomic E-state index is 12.8. The van der Waals surface area contributed by atoms with Gasteiger partial charge in [-0.2, -0.15) is 26.3 Å². The van der Waals surface area contributed by atoms with Crippen molar-refractivity contribution >= 4 is 0 Å². The lowest BCUT2D eigenvalue weighted by Crippen LogP contribution is -2.08. The number of hydrogen-bond donors (Lipinski definition) is 0. The molecule has 0 unspecified atom stereocenters. The minimum absolute atomic E-state index is 0.0323. The summed E-state index contributed by atoms with van der Waals surface area (Å²) in [6.45, 7) is 0. The number of methoxy groups -OCH3 is 1. The maximum Gasteiger partial charge on any atom is 0.433 e. The molecule has 0 aliphatic heterocycles. The van der Waals surface area contributed by atoms with Gasteiger partial charge < -0.3 is 4.74 Å². The predicted molar refractivity (Wildman–Crippen MR) is 85.0 cm³/mol. The third-order valence-electron chi connectivity index (χ3n) is 3.75. The van der Waals surface area contributed by atoms with Gasteiger partial charge in [0.05, 0.1) is 18.4 Å². The topological polar surface area (TPSA) is 52.8 Å². The predicted octanol–water partition coefficient (Wildman–Crippen LogP) is 4.30.